The van der Waals surface area contributed by atoms with E-state index in [0.29, 0.717) is 12.2 Å². The van der Waals surface area contributed by atoms with Crippen molar-refractivity contribution < 1.29 is 23.8 Å². The minimum absolute atomic E-state index is 0.0233. The van der Waals surface area contributed by atoms with Crippen LogP contribution < -0.4 is 9.47 Å². The summed E-state index contributed by atoms with van der Waals surface area (Å²) >= 11 is 0. The third kappa shape index (κ3) is 8.08. The lowest BCUT2D eigenvalue weighted by Crippen LogP contribution is -2.44. The molecule has 5 heteroatoms. The Morgan fingerprint density at radius 1 is 0.865 bits per heavy atom. The standard InChI is InChI=1S/C32H40O5/c1-5-7-8-10-13-25(4)35-28-16-18-29(19-17-28)36-31(34)32(37-30(33)24(3)6-2)22-20-27(21-23-32)26-14-11-9-12-15-26/h9,11-12,14-25,27H,5-8,10,13H2,1-4H3/t24-,25-,27?,32?/m0/s1. The molecule has 0 aliphatic heterocycles. The number of ether oxygens (including phenoxy) is 3. The molecule has 0 saturated heterocycles. The van der Waals surface area contributed by atoms with Crippen molar-refractivity contribution in [3.05, 3.63) is 84.5 Å². The Morgan fingerprint density at radius 2 is 1.51 bits per heavy atom. The van der Waals surface area contributed by atoms with Gasteiger partial charge in [0.1, 0.15) is 11.5 Å². The van der Waals surface area contributed by atoms with Gasteiger partial charge in [-0.2, -0.15) is 0 Å². The molecule has 1 aliphatic rings. The average molecular weight is 505 g/mol. The zero-order chi connectivity index (χ0) is 26.7. The number of benzene rings is 2. The second kappa shape index (κ2) is 13.8. The fourth-order valence-corrected chi connectivity index (χ4v) is 4.11. The quantitative estimate of drug-likeness (QED) is 0.122. The Kier molecular flexibility index (Phi) is 10.6. The molecule has 2 atom stereocenters. The molecule has 2 aromatic rings. The summed E-state index contributed by atoms with van der Waals surface area (Å²) in [5, 5.41) is 0. The lowest BCUT2D eigenvalue weighted by atomic mass is 9.88. The van der Waals surface area contributed by atoms with Gasteiger partial charge in [-0.3, -0.25) is 4.79 Å². The molecule has 1 aliphatic carbocycles. The van der Waals surface area contributed by atoms with Gasteiger partial charge in [0.25, 0.3) is 0 Å². The van der Waals surface area contributed by atoms with Gasteiger partial charge in [0.05, 0.1) is 12.0 Å². The highest BCUT2D eigenvalue weighted by Gasteiger charge is 2.42. The predicted molar refractivity (Wildman–Crippen MR) is 147 cm³/mol. The lowest BCUT2D eigenvalue weighted by molar-refractivity contribution is -0.169. The average Bonchev–Trinajstić information content (AvgIpc) is 2.92. The molecule has 0 radical (unpaired) electrons. The lowest BCUT2D eigenvalue weighted by Gasteiger charge is -2.29. The minimum Gasteiger partial charge on any atom is -0.491 e. The van der Waals surface area contributed by atoms with Crippen LogP contribution in [0.5, 0.6) is 11.5 Å². The van der Waals surface area contributed by atoms with Gasteiger partial charge >= 0.3 is 11.9 Å². The largest absolute Gasteiger partial charge is 0.491 e. The number of esters is 2. The monoisotopic (exact) mass is 504 g/mol. The molecular formula is C32H40O5. The number of rotatable bonds is 13. The van der Waals surface area contributed by atoms with Crippen molar-refractivity contribution in [3.63, 3.8) is 0 Å². The Balaban J connectivity index is 1.69. The van der Waals surface area contributed by atoms with Crippen molar-refractivity contribution in [2.24, 2.45) is 5.92 Å². The maximum Gasteiger partial charge on any atom is 0.364 e. The molecular weight excluding hydrogens is 464 g/mol. The number of allylic oxidation sites excluding steroid dienone is 2. The normalized spacial score (nSPS) is 20.2. The number of carbonyl (C=O) groups excluding carboxylic acids is 2. The van der Waals surface area contributed by atoms with E-state index in [9.17, 15) is 9.59 Å². The van der Waals surface area contributed by atoms with Crippen molar-refractivity contribution >= 4 is 11.9 Å². The molecule has 0 spiro atoms. The van der Waals surface area contributed by atoms with Crippen LogP contribution in [0.4, 0.5) is 0 Å². The van der Waals surface area contributed by atoms with Gasteiger partial charge in [-0.05, 0) is 68.2 Å². The number of carbonyl (C=O) groups is 2. The van der Waals surface area contributed by atoms with E-state index >= 15 is 0 Å². The van der Waals surface area contributed by atoms with E-state index in [4.69, 9.17) is 14.2 Å². The molecule has 0 aromatic heterocycles. The first kappa shape index (κ1) is 28.2. The maximum atomic E-state index is 13.4. The number of hydrogen-bond donors (Lipinski definition) is 0. The first-order valence-corrected chi connectivity index (χ1v) is 13.5. The molecule has 0 amide bonds. The molecule has 0 fully saturated rings. The van der Waals surface area contributed by atoms with E-state index in [-0.39, 0.29) is 17.9 Å². The van der Waals surface area contributed by atoms with Crippen LogP contribution in [0.15, 0.2) is 78.9 Å². The van der Waals surface area contributed by atoms with E-state index in [1.807, 2.05) is 49.4 Å². The van der Waals surface area contributed by atoms with E-state index in [2.05, 4.69) is 13.8 Å². The topological polar surface area (TPSA) is 61.8 Å². The van der Waals surface area contributed by atoms with Crippen LogP contribution in [-0.2, 0) is 14.3 Å². The molecule has 0 N–H and O–H groups in total. The summed E-state index contributed by atoms with van der Waals surface area (Å²) in [6.07, 6.45) is 13.6. The summed E-state index contributed by atoms with van der Waals surface area (Å²) < 4.78 is 17.5. The van der Waals surface area contributed by atoms with Gasteiger partial charge in [0, 0.05) is 5.92 Å². The molecule has 2 aromatic carbocycles. The van der Waals surface area contributed by atoms with Crippen LogP contribution in [-0.4, -0.2) is 23.6 Å². The Hall–Kier alpha value is -3.34. The second-order valence-corrected chi connectivity index (χ2v) is 9.82. The van der Waals surface area contributed by atoms with Gasteiger partial charge in [0.15, 0.2) is 0 Å². The summed E-state index contributed by atoms with van der Waals surface area (Å²) in [4.78, 5) is 26.1. The third-order valence-electron chi connectivity index (χ3n) is 6.73. The summed E-state index contributed by atoms with van der Waals surface area (Å²) in [5.74, 6) is -0.379. The maximum absolute atomic E-state index is 13.4. The molecule has 37 heavy (non-hydrogen) atoms. The summed E-state index contributed by atoms with van der Waals surface area (Å²) in [6.45, 7) is 7.96. The van der Waals surface area contributed by atoms with Crippen molar-refractivity contribution in [1.29, 1.82) is 0 Å². The first-order chi connectivity index (χ1) is 17.9. The Labute approximate surface area is 221 Å². The fourth-order valence-electron chi connectivity index (χ4n) is 4.11. The van der Waals surface area contributed by atoms with Crippen molar-refractivity contribution in [3.8, 4) is 11.5 Å². The summed E-state index contributed by atoms with van der Waals surface area (Å²) in [5.41, 5.74) is -0.533. The van der Waals surface area contributed by atoms with E-state index in [1.54, 1.807) is 43.3 Å². The number of hydrogen-bond acceptors (Lipinski definition) is 5. The van der Waals surface area contributed by atoms with Crippen LogP contribution in [0, 0.1) is 5.92 Å². The van der Waals surface area contributed by atoms with Crippen LogP contribution >= 0.6 is 0 Å². The van der Waals surface area contributed by atoms with Gasteiger partial charge in [-0.1, -0.05) is 82.5 Å². The van der Waals surface area contributed by atoms with Gasteiger partial charge in [-0.25, -0.2) is 4.79 Å². The van der Waals surface area contributed by atoms with Crippen LogP contribution in [0.2, 0.25) is 0 Å². The van der Waals surface area contributed by atoms with Gasteiger partial charge < -0.3 is 14.2 Å². The SMILES string of the molecule is CCCCCC[C@H](C)Oc1ccc(OC(=O)C2(OC(=O)[C@@H](C)CC)C=CC(c3ccccc3)C=C2)cc1. The Bertz CT molecular complexity index is 1040. The third-order valence-corrected chi connectivity index (χ3v) is 6.73. The first-order valence-electron chi connectivity index (χ1n) is 13.5. The second-order valence-electron chi connectivity index (χ2n) is 9.82. The Morgan fingerprint density at radius 3 is 2.14 bits per heavy atom. The highest BCUT2D eigenvalue weighted by atomic mass is 16.6. The molecule has 5 nitrogen and oxygen atoms in total. The zero-order valence-corrected chi connectivity index (χ0v) is 22.5. The van der Waals surface area contributed by atoms with E-state index in [0.717, 1.165) is 24.2 Å². The van der Waals surface area contributed by atoms with Crippen LogP contribution in [0.25, 0.3) is 0 Å². The highest BCUT2D eigenvalue weighted by molar-refractivity contribution is 5.90. The molecule has 0 unspecified atom stereocenters. The molecule has 0 saturated carbocycles. The predicted octanol–water partition coefficient (Wildman–Crippen LogP) is 7.57. The molecule has 198 valence electrons. The van der Waals surface area contributed by atoms with E-state index < -0.39 is 17.5 Å². The van der Waals surface area contributed by atoms with Crippen LogP contribution in [0.1, 0.15) is 77.7 Å². The molecule has 3 rings (SSSR count). The minimum atomic E-state index is -1.62. The van der Waals surface area contributed by atoms with Crippen molar-refractivity contribution in [2.45, 2.75) is 83.8 Å². The fraction of sp³-hybridized carbons (Fsp3) is 0.438. The highest BCUT2D eigenvalue weighted by Crippen LogP contribution is 2.32. The molecule has 0 heterocycles. The van der Waals surface area contributed by atoms with Crippen molar-refractivity contribution in [1.82, 2.24) is 0 Å². The summed E-state index contributed by atoms with van der Waals surface area (Å²) in [6, 6.07) is 16.9. The number of unbranched alkanes of at least 4 members (excludes halogenated alkanes) is 3. The smallest absolute Gasteiger partial charge is 0.364 e. The van der Waals surface area contributed by atoms with Crippen LogP contribution in [0.3, 0.4) is 0 Å². The van der Waals surface area contributed by atoms with Crippen molar-refractivity contribution in [2.75, 3.05) is 0 Å². The van der Waals surface area contributed by atoms with Gasteiger partial charge in [0.2, 0.25) is 5.60 Å². The molecule has 0 bridgehead atoms. The van der Waals surface area contributed by atoms with Gasteiger partial charge in [-0.15, -0.1) is 0 Å². The van der Waals surface area contributed by atoms with E-state index in [1.165, 1.54) is 19.3 Å². The zero-order valence-electron chi connectivity index (χ0n) is 22.5. The summed E-state index contributed by atoms with van der Waals surface area (Å²) in [7, 11) is 0.